The van der Waals surface area contributed by atoms with Crippen LogP contribution in [0.4, 0.5) is 11.4 Å². The van der Waals surface area contributed by atoms with E-state index in [1.54, 1.807) is 0 Å². The minimum atomic E-state index is 0.348. The molecule has 2 heterocycles. The molecule has 4 aliphatic rings. The van der Waals surface area contributed by atoms with E-state index in [1.165, 1.54) is 70.4 Å². The Morgan fingerprint density at radius 2 is 1.19 bits per heavy atom. The van der Waals surface area contributed by atoms with Crippen LogP contribution in [0.1, 0.15) is 59.1 Å². The molecule has 6 rings (SSSR count). The van der Waals surface area contributed by atoms with Crippen LogP contribution in [0, 0.1) is 47.5 Å². The molecule has 2 aromatic rings. The summed E-state index contributed by atoms with van der Waals surface area (Å²) in [6.45, 7) is 18.3. The van der Waals surface area contributed by atoms with Gasteiger partial charge >= 0.3 is 0 Å². The highest BCUT2D eigenvalue weighted by atomic mass is 16.2. The lowest BCUT2D eigenvalue weighted by Crippen LogP contribution is -2.74. The summed E-state index contributed by atoms with van der Waals surface area (Å²) in [6.07, 6.45) is 5.53. The third kappa shape index (κ3) is 2.46. The predicted octanol–water partition coefficient (Wildman–Crippen LogP) is 5.68. The van der Waals surface area contributed by atoms with Gasteiger partial charge in [-0.1, -0.05) is 35.4 Å². The first-order valence-corrected chi connectivity index (χ1v) is 12.7. The number of quaternary nitrogens is 1. The third-order valence-corrected chi connectivity index (χ3v) is 8.95. The number of hydrogen-bond donors (Lipinski definition) is 0. The second kappa shape index (κ2) is 6.74. The molecule has 0 amide bonds. The molecule has 2 saturated heterocycles. The number of rotatable bonds is 3. The monoisotopic (exact) mass is 431 g/mol. The minimum absolute atomic E-state index is 0.348. The largest absolute Gasteiger partial charge is 0.178 e. The van der Waals surface area contributed by atoms with E-state index in [0.29, 0.717) is 5.54 Å². The van der Waals surface area contributed by atoms with Crippen LogP contribution in [0.3, 0.4) is 0 Å². The topological polar surface area (TPSA) is 9.72 Å². The van der Waals surface area contributed by atoms with Gasteiger partial charge in [0.05, 0.1) is 37.6 Å². The van der Waals surface area contributed by atoms with Gasteiger partial charge in [0.2, 0.25) is 0 Å². The fourth-order valence-corrected chi connectivity index (χ4v) is 8.17. The summed E-state index contributed by atoms with van der Waals surface area (Å²) in [4.78, 5) is 0.938. The molecular weight excluding hydrogens is 392 g/mol. The van der Waals surface area contributed by atoms with E-state index >= 15 is 0 Å². The Labute approximate surface area is 193 Å². The normalized spacial score (nSPS) is 28.4. The van der Waals surface area contributed by atoms with Crippen molar-refractivity contribution >= 4 is 11.4 Å². The average molecular weight is 432 g/mol. The number of hydrogen-bond acceptors (Lipinski definition) is 3. The van der Waals surface area contributed by atoms with E-state index in [4.69, 9.17) is 0 Å². The molecule has 2 aliphatic carbocycles. The molecule has 170 valence electrons. The van der Waals surface area contributed by atoms with Gasteiger partial charge in [0.1, 0.15) is 0 Å². The van der Waals surface area contributed by atoms with Crippen molar-refractivity contribution in [1.82, 2.24) is 5.01 Å². The Hall–Kier alpha value is -2.04. The number of aryl methyl sites for hydroxylation is 6. The number of fused-ring (bicyclic) bond motifs is 3. The van der Waals surface area contributed by atoms with Crippen molar-refractivity contribution in [2.24, 2.45) is 5.92 Å². The van der Waals surface area contributed by atoms with Gasteiger partial charge < -0.3 is 0 Å². The van der Waals surface area contributed by atoms with E-state index in [-0.39, 0.29) is 0 Å². The summed E-state index contributed by atoms with van der Waals surface area (Å²) in [5.41, 5.74) is 11.8. The second-order valence-corrected chi connectivity index (χ2v) is 11.2. The maximum absolute atomic E-state index is 2.82. The zero-order valence-electron chi connectivity index (χ0n) is 20.8. The first-order chi connectivity index (χ1) is 15.3. The number of anilines is 2. The fraction of sp³-hybridized carbons (Fsp3) is 0.571. The SMILES string of the molecule is Cc1cc(C)c(N2CCN3CCN(c4c(C)cc(C)cc4C)[N+]32[C@@]23CCCC2C3)c(C)c1. The molecule has 4 nitrogen and oxygen atoms in total. The molecular formula is C28H39N4+. The van der Waals surface area contributed by atoms with Gasteiger partial charge in [-0.2, -0.15) is 10.0 Å². The van der Waals surface area contributed by atoms with Crippen molar-refractivity contribution in [1.29, 1.82) is 0 Å². The summed E-state index contributed by atoms with van der Waals surface area (Å²) in [6, 6.07) is 9.56. The number of nitrogens with zero attached hydrogens (tertiary/aromatic N) is 4. The smallest absolute Gasteiger partial charge is 0.169 e. The van der Waals surface area contributed by atoms with Crippen LogP contribution in [0.15, 0.2) is 24.3 Å². The lowest BCUT2D eigenvalue weighted by Gasteiger charge is -2.51. The molecule has 1 unspecified atom stereocenters. The number of benzene rings is 2. The zero-order chi connectivity index (χ0) is 22.4. The Morgan fingerprint density at radius 3 is 1.56 bits per heavy atom. The van der Waals surface area contributed by atoms with Crippen LogP contribution in [-0.2, 0) is 0 Å². The van der Waals surface area contributed by atoms with Crippen LogP contribution in [0.25, 0.3) is 0 Å². The van der Waals surface area contributed by atoms with Gasteiger partial charge in [0, 0.05) is 18.8 Å². The highest BCUT2D eigenvalue weighted by molar-refractivity contribution is 5.62. The molecule has 0 spiro atoms. The minimum Gasteiger partial charge on any atom is -0.178 e. The second-order valence-electron chi connectivity index (χ2n) is 11.2. The fourth-order valence-electron chi connectivity index (χ4n) is 8.17. The van der Waals surface area contributed by atoms with E-state index < -0.39 is 0 Å². The van der Waals surface area contributed by atoms with Crippen molar-refractivity contribution in [3.05, 3.63) is 57.6 Å². The molecule has 4 fully saturated rings. The molecule has 0 radical (unpaired) electrons. The quantitative estimate of drug-likeness (QED) is 0.579. The average Bonchev–Trinajstić information content (AvgIpc) is 3.03. The molecule has 2 saturated carbocycles. The van der Waals surface area contributed by atoms with Crippen molar-refractivity contribution < 1.29 is 4.81 Å². The van der Waals surface area contributed by atoms with Gasteiger partial charge in [0.25, 0.3) is 0 Å². The van der Waals surface area contributed by atoms with Crippen LogP contribution < -0.4 is 10.0 Å². The van der Waals surface area contributed by atoms with Gasteiger partial charge in [-0.15, -0.1) is 5.01 Å². The van der Waals surface area contributed by atoms with Crippen molar-refractivity contribution in [3.63, 3.8) is 0 Å². The van der Waals surface area contributed by atoms with E-state index in [9.17, 15) is 0 Å². The lowest BCUT2D eigenvalue weighted by molar-refractivity contribution is -1.05. The zero-order valence-corrected chi connectivity index (χ0v) is 20.8. The standard InChI is InChI=1S/C28H39N4/c1-19-14-21(3)26(22(4)15-19)30-12-10-29-11-13-31(27-23(5)16-20(2)17-24(27)6)32(29,30)28-9-7-8-25(28)18-28/h14-17,25H,7-13,18H2,1-6H3/q+1/t25?,28-/m1/s1. The summed E-state index contributed by atoms with van der Waals surface area (Å²) in [5, 5.41) is 8.46. The molecule has 4 heteroatoms. The molecule has 0 bridgehead atoms. The molecule has 0 aromatic heterocycles. The first kappa shape index (κ1) is 20.6. The van der Waals surface area contributed by atoms with E-state index in [2.05, 4.69) is 80.8 Å². The summed E-state index contributed by atoms with van der Waals surface area (Å²) in [7, 11) is 0. The van der Waals surface area contributed by atoms with E-state index in [1.807, 2.05) is 0 Å². The van der Waals surface area contributed by atoms with Crippen molar-refractivity contribution in [2.45, 2.75) is 72.8 Å². The Morgan fingerprint density at radius 1 is 0.719 bits per heavy atom. The van der Waals surface area contributed by atoms with Gasteiger partial charge in [-0.3, -0.25) is 0 Å². The third-order valence-electron chi connectivity index (χ3n) is 8.95. The molecule has 2 atom stereocenters. The lowest BCUT2D eigenvalue weighted by atomic mass is 10.0. The highest BCUT2D eigenvalue weighted by Gasteiger charge is 2.80. The van der Waals surface area contributed by atoms with Crippen molar-refractivity contribution in [2.75, 3.05) is 36.2 Å². The Bertz CT molecular complexity index is 989. The van der Waals surface area contributed by atoms with Crippen LogP contribution in [0.2, 0.25) is 0 Å². The van der Waals surface area contributed by atoms with Gasteiger partial charge in [0.15, 0.2) is 5.54 Å². The maximum Gasteiger partial charge on any atom is 0.169 e. The first-order valence-electron chi connectivity index (χ1n) is 12.7. The molecule has 0 N–H and O–H groups in total. The summed E-state index contributed by atoms with van der Waals surface area (Å²) in [5.74, 6) is 0.864. The summed E-state index contributed by atoms with van der Waals surface area (Å²) >= 11 is 0. The predicted molar refractivity (Wildman–Crippen MR) is 133 cm³/mol. The molecule has 2 aliphatic heterocycles. The summed E-state index contributed by atoms with van der Waals surface area (Å²) < 4.78 is 0. The van der Waals surface area contributed by atoms with Crippen LogP contribution >= 0.6 is 0 Å². The maximum atomic E-state index is 2.82. The van der Waals surface area contributed by atoms with Crippen molar-refractivity contribution in [3.8, 4) is 0 Å². The highest BCUT2D eigenvalue weighted by Crippen LogP contribution is 2.67. The van der Waals surface area contributed by atoms with Crippen LogP contribution in [0.5, 0.6) is 0 Å². The van der Waals surface area contributed by atoms with Gasteiger partial charge in [-0.25, -0.2) is 0 Å². The Balaban J connectivity index is 1.60. The Kier molecular flexibility index (Phi) is 4.33. The van der Waals surface area contributed by atoms with Crippen LogP contribution in [-0.4, -0.2) is 41.5 Å². The van der Waals surface area contributed by atoms with E-state index in [0.717, 1.165) is 36.9 Å². The molecule has 2 aromatic carbocycles. The molecule has 32 heavy (non-hydrogen) atoms. The van der Waals surface area contributed by atoms with Gasteiger partial charge in [-0.05, 0) is 81.4 Å².